The lowest BCUT2D eigenvalue weighted by Crippen LogP contribution is -2.25. The summed E-state index contributed by atoms with van der Waals surface area (Å²) in [5, 5.41) is 10.9. The molecule has 0 saturated heterocycles. The Morgan fingerprint density at radius 1 is 1.15 bits per heavy atom. The molecular weight excluding hydrogens is 343 g/mol. The van der Waals surface area contributed by atoms with Crippen LogP contribution in [-0.2, 0) is 0 Å². The molecule has 7 nitrogen and oxygen atoms in total. The first-order valence-electron chi connectivity index (χ1n) is 7.66. The Balaban J connectivity index is 1.96. The summed E-state index contributed by atoms with van der Waals surface area (Å²) in [6.07, 6.45) is 0. The third-order valence-electron chi connectivity index (χ3n) is 4.48. The molecule has 130 valence electrons. The number of carbonyl (C=O) groups is 1. The maximum absolute atomic E-state index is 13.5. The van der Waals surface area contributed by atoms with E-state index in [2.05, 4.69) is 0 Å². The van der Waals surface area contributed by atoms with E-state index >= 15 is 0 Å². The fourth-order valence-electron chi connectivity index (χ4n) is 3.23. The van der Waals surface area contributed by atoms with E-state index in [-0.39, 0.29) is 28.0 Å². The number of carbonyl (C=O) groups excluding carboxylic acids is 1. The number of halogens is 1. The minimum absolute atomic E-state index is 0.0405. The first kappa shape index (κ1) is 15.9. The maximum atomic E-state index is 13.5. The largest absolute Gasteiger partial charge is 0.450 e. The van der Waals surface area contributed by atoms with Crippen molar-refractivity contribution in [1.82, 2.24) is 4.90 Å². The van der Waals surface area contributed by atoms with E-state index < -0.39 is 28.1 Å². The standard InChI is InChI=1S/C18H11FN2O5/c1-20-15(9-2-5-11(6-3-9)21(24)25)14-16(22)12-8-10(19)4-7-13(12)26-17(14)18(20)23/h2-8,15H,1H3/t15-/m0/s1. The van der Waals surface area contributed by atoms with Crippen LogP contribution in [-0.4, -0.2) is 22.8 Å². The lowest BCUT2D eigenvalue weighted by molar-refractivity contribution is -0.384. The molecule has 0 radical (unpaired) electrons. The maximum Gasteiger partial charge on any atom is 0.290 e. The van der Waals surface area contributed by atoms with Gasteiger partial charge < -0.3 is 9.32 Å². The van der Waals surface area contributed by atoms with Crippen LogP contribution >= 0.6 is 0 Å². The van der Waals surface area contributed by atoms with Gasteiger partial charge in [-0.15, -0.1) is 0 Å². The van der Waals surface area contributed by atoms with E-state index in [4.69, 9.17) is 4.42 Å². The molecule has 2 aromatic carbocycles. The van der Waals surface area contributed by atoms with E-state index in [9.17, 15) is 24.1 Å². The van der Waals surface area contributed by atoms with Gasteiger partial charge in [-0.3, -0.25) is 19.7 Å². The molecule has 0 unspecified atom stereocenters. The molecule has 0 spiro atoms. The number of nitrogens with zero attached hydrogens (tertiary/aromatic N) is 2. The van der Waals surface area contributed by atoms with Crippen molar-refractivity contribution in [2.75, 3.05) is 7.05 Å². The summed E-state index contributed by atoms with van der Waals surface area (Å²) < 4.78 is 19.1. The van der Waals surface area contributed by atoms with Crippen molar-refractivity contribution in [1.29, 1.82) is 0 Å². The molecule has 0 aliphatic carbocycles. The number of hydrogen-bond donors (Lipinski definition) is 0. The fraction of sp³-hybridized carbons (Fsp3) is 0.111. The highest BCUT2D eigenvalue weighted by Gasteiger charge is 2.40. The normalized spacial score (nSPS) is 16.2. The molecule has 0 N–H and O–H groups in total. The topological polar surface area (TPSA) is 93.7 Å². The Bertz CT molecular complexity index is 1140. The lowest BCUT2D eigenvalue weighted by atomic mass is 9.98. The summed E-state index contributed by atoms with van der Waals surface area (Å²) in [5.74, 6) is -1.17. The van der Waals surface area contributed by atoms with Crippen molar-refractivity contribution < 1.29 is 18.5 Å². The zero-order valence-corrected chi connectivity index (χ0v) is 13.4. The van der Waals surface area contributed by atoms with Crippen LogP contribution in [0.5, 0.6) is 0 Å². The summed E-state index contributed by atoms with van der Waals surface area (Å²) in [6, 6.07) is 8.32. The van der Waals surface area contributed by atoms with E-state index in [1.807, 2.05) is 0 Å². The number of benzene rings is 2. The highest BCUT2D eigenvalue weighted by Crippen LogP contribution is 2.37. The molecule has 2 heterocycles. The van der Waals surface area contributed by atoms with Crippen molar-refractivity contribution in [2.24, 2.45) is 0 Å². The Morgan fingerprint density at radius 3 is 2.50 bits per heavy atom. The predicted octanol–water partition coefficient (Wildman–Crippen LogP) is 3.02. The van der Waals surface area contributed by atoms with Crippen molar-refractivity contribution in [3.05, 3.63) is 85.5 Å². The summed E-state index contributed by atoms with van der Waals surface area (Å²) in [4.78, 5) is 37.0. The number of hydrogen-bond acceptors (Lipinski definition) is 5. The van der Waals surface area contributed by atoms with Crippen molar-refractivity contribution in [2.45, 2.75) is 6.04 Å². The van der Waals surface area contributed by atoms with E-state index in [0.29, 0.717) is 5.56 Å². The van der Waals surface area contributed by atoms with Gasteiger partial charge in [0.2, 0.25) is 5.76 Å². The average Bonchev–Trinajstić information content (AvgIpc) is 2.87. The second-order valence-electron chi connectivity index (χ2n) is 5.98. The van der Waals surface area contributed by atoms with Crippen LogP contribution in [0.15, 0.2) is 51.7 Å². The quantitative estimate of drug-likeness (QED) is 0.521. The number of nitro benzene ring substituents is 1. The van der Waals surface area contributed by atoms with Crippen LogP contribution in [0.2, 0.25) is 0 Å². The number of amides is 1. The molecule has 1 aliphatic rings. The molecule has 1 amide bonds. The van der Waals surface area contributed by atoms with Gasteiger partial charge in [-0.05, 0) is 35.9 Å². The smallest absolute Gasteiger partial charge is 0.290 e. The van der Waals surface area contributed by atoms with Gasteiger partial charge in [0.05, 0.1) is 21.9 Å². The Labute approximate surface area is 145 Å². The van der Waals surface area contributed by atoms with Gasteiger partial charge in [-0.1, -0.05) is 0 Å². The molecule has 0 bridgehead atoms. The van der Waals surface area contributed by atoms with Gasteiger partial charge in [-0.25, -0.2) is 4.39 Å². The van der Waals surface area contributed by atoms with E-state index in [0.717, 1.165) is 12.1 Å². The molecule has 8 heteroatoms. The second-order valence-corrected chi connectivity index (χ2v) is 5.98. The predicted molar refractivity (Wildman–Crippen MR) is 89.5 cm³/mol. The van der Waals surface area contributed by atoms with Crippen LogP contribution < -0.4 is 5.43 Å². The summed E-state index contributed by atoms with van der Waals surface area (Å²) in [7, 11) is 1.51. The van der Waals surface area contributed by atoms with Crippen LogP contribution in [0.3, 0.4) is 0 Å². The highest BCUT2D eigenvalue weighted by molar-refractivity contribution is 5.98. The van der Waals surface area contributed by atoms with Gasteiger partial charge in [-0.2, -0.15) is 0 Å². The van der Waals surface area contributed by atoms with Crippen molar-refractivity contribution >= 4 is 22.6 Å². The van der Waals surface area contributed by atoms with Crippen LogP contribution in [0.1, 0.15) is 27.7 Å². The Morgan fingerprint density at radius 2 is 1.85 bits per heavy atom. The SMILES string of the molecule is CN1C(=O)c2oc3ccc(F)cc3c(=O)c2[C@@H]1c1ccc([N+](=O)[O-])cc1. The van der Waals surface area contributed by atoms with Crippen LogP contribution in [0.4, 0.5) is 10.1 Å². The zero-order valence-electron chi connectivity index (χ0n) is 13.4. The third-order valence-corrected chi connectivity index (χ3v) is 4.48. The summed E-state index contributed by atoms with van der Waals surface area (Å²) in [6.45, 7) is 0. The minimum Gasteiger partial charge on any atom is -0.450 e. The van der Waals surface area contributed by atoms with Gasteiger partial charge >= 0.3 is 0 Å². The van der Waals surface area contributed by atoms with E-state index in [1.54, 1.807) is 0 Å². The first-order chi connectivity index (χ1) is 12.4. The molecule has 4 rings (SSSR count). The Kier molecular flexibility index (Phi) is 3.36. The molecule has 26 heavy (non-hydrogen) atoms. The minimum atomic E-state index is -0.762. The van der Waals surface area contributed by atoms with Crippen molar-refractivity contribution in [3.8, 4) is 0 Å². The molecule has 0 saturated carbocycles. The number of fused-ring (bicyclic) bond motifs is 2. The zero-order chi connectivity index (χ0) is 18.6. The average molecular weight is 354 g/mol. The monoisotopic (exact) mass is 354 g/mol. The summed E-state index contributed by atoms with van der Waals surface area (Å²) in [5.41, 5.74) is 0.148. The number of rotatable bonds is 2. The van der Waals surface area contributed by atoms with Crippen molar-refractivity contribution in [3.63, 3.8) is 0 Å². The van der Waals surface area contributed by atoms with Gasteiger partial charge in [0.1, 0.15) is 11.4 Å². The molecule has 1 aliphatic heterocycles. The number of non-ortho nitro benzene ring substituents is 1. The van der Waals surface area contributed by atoms with Gasteiger partial charge in [0.15, 0.2) is 5.43 Å². The van der Waals surface area contributed by atoms with Crippen LogP contribution in [0, 0.1) is 15.9 Å². The summed E-state index contributed by atoms with van der Waals surface area (Å²) >= 11 is 0. The van der Waals surface area contributed by atoms with Crippen LogP contribution in [0.25, 0.3) is 11.0 Å². The number of nitro groups is 1. The highest BCUT2D eigenvalue weighted by atomic mass is 19.1. The lowest BCUT2D eigenvalue weighted by Gasteiger charge is -2.20. The second kappa shape index (κ2) is 5.48. The Hall–Kier alpha value is -3.55. The molecule has 0 fully saturated rings. The molecular formula is C18H11FN2O5. The van der Waals surface area contributed by atoms with Gasteiger partial charge in [0.25, 0.3) is 11.6 Å². The third kappa shape index (κ3) is 2.19. The van der Waals surface area contributed by atoms with E-state index in [1.165, 1.54) is 42.3 Å². The molecule has 1 atom stereocenters. The fourth-order valence-corrected chi connectivity index (χ4v) is 3.23. The first-order valence-corrected chi connectivity index (χ1v) is 7.66. The molecule has 1 aromatic heterocycles. The van der Waals surface area contributed by atoms with Gasteiger partial charge in [0, 0.05) is 19.2 Å². The molecule has 3 aromatic rings.